The smallest absolute Gasteiger partial charge is 0.264 e. The Kier molecular flexibility index (Phi) is 9.55. The van der Waals surface area contributed by atoms with Crippen LogP contribution in [-0.4, -0.2) is 33.2 Å². The van der Waals surface area contributed by atoms with E-state index in [1.54, 1.807) is 72.4 Å². The van der Waals surface area contributed by atoms with Crippen LogP contribution in [0, 0.1) is 12.7 Å². The van der Waals surface area contributed by atoms with E-state index in [1.165, 1.54) is 12.1 Å². The summed E-state index contributed by atoms with van der Waals surface area (Å²) in [6.45, 7) is 2.00. The summed E-state index contributed by atoms with van der Waals surface area (Å²) in [5, 5.41) is 2.82. The number of nitrogens with zero attached hydrogens (tertiary/aromatic N) is 1. The molecule has 3 rings (SSSR count). The molecule has 180 valence electrons. The van der Waals surface area contributed by atoms with Gasteiger partial charge in [0.1, 0.15) is 12.4 Å². The molecule has 0 bridgehead atoms. The van der Waals surface area contributed by atoms with Crippen LogP contribution >= 0.6 is 27.7 Å². The Bertz CT molecular complexity index is 1190. The molecule has 0 atom stereocenters. The molecule has 34 heavy (non-hydrogen) atoms. The number of carbonyl (C=O) groups is 1. The fourth-order valence-electron chi connectivity index (χ4n) is 3.12. The molecule has 0 saturated carbocycles. The SMILES string of the molecule is Cc1ccc(S(=O)(=O)N(CC(=O)NCCCSCc2ccc(F)cc2)c2ccc(Br)cc2)cc1. The van der Waals surface area contributed by atoms with Crippen molar-refractivity contribution in [3.8, 4) is 0 Å². The molecule has 3 aromatic carbocycles. The number of rotatable bonds is 11. The zero-order valence-corrected chi connectivity index (χ0v) is 21.9. The first-order valence-electron chi connectivity index (χ1n) is 10.7. The summed E-state index contributed by atoms with van der Waals surface area (Å²) in [5.74, 6) is 0.955. The minimum absolute atomic E-state index is 0.131. The number of sulfonamides is 1. The highest BCUT2D eigenvalue weighted by Gasteiger charge is 2.27. The fourth-order valence-corrected chi connectivity index (χ4v) is 5.73. The zero-order chi connectivity index (χ0) is 24.6. The molecule has 0 aliphatic rings. The van der Waals surface area contributed by atoms with Gasteiger partial charge in [0.2, 0.25) is 5.91 Å². The van der Waals surface area contributed by atoms with Gasteiger partial charge in [-0.05, 0) is 73.2 Å². The molecule has 0 heterocycles. The molecule has 0 fully saturated rings. The summed E-state index contributed by atoms with van der Waals surface area (Å²) in [4.78, 5) is 12.8. The largest absolute Gasteiger partial charge is 0.354 e. The average Bonchev–Trinajstić information content (AvgIpc) is 2.82. The Labute approximate surface area is 212 Å². The number of nitrogens with one attached hydrogen (secondary N) is 1. The van der Waals surface area contributed by atoms with Crippen LogP contribution in [0.5, 0.6) is 0 Å². The van der Waals surface area contributed by atoms with Gasteiger partial charge in [-0.2, -0.15) is 11.8 Å². The lowest BCUT2D eigenvalue weighted by Crippen LogP contribution is -2.41. The summed E-state index contributed by atoms with van der Waals surface area (Å²) >= 11 is 5.05. The lowest BCUT2D eigenvalue weighted by atomic mass is 10.2. The Morgan fingerprint density at radius 1 is 1.00 bits per heavy atom. The van der Waals surface area contributed by atoms with Crippen LogP contribution in [-0.2, 0) is 20.6 Å². The number of aryl methyl sites for hydroxylation is 1. The number of halogens is 2. The molecule has 3 aromatic rings. The maximum absolute atomic E-state index is 13.3. The van der Waals surface area contributed by atoms with Crippen molar-refractivity contribution in [1.29, 1.82) is 0 Å². The number of hydrogen-bond acceptors (Lipinski definition) is 4. The molecule has 0 unspecified atom stereocenters. The first-order valence-corrected chi connectivity index (χ1v) is 14.1. The molecule has 0 saturated heterocycles. The third-order valence-electron chi connectivity index (χ3n) is 4.98. The number of amides is 1. The second-order valence-electron chi connectivity index (χ2n) is 7.68. The number of anilines is 1. The Morgan fingerprint density at radius 2 is 1.65 bits per heavy atom. The minimum Gasteiger partial charge on any atom is -0.354 e. The highest BCUT2D eigenvalue weighted by Crippen LogP contribution is 2.25. The molecule has 0 aliphatic heterocycles. The van der Waals surface area contributed by atoms with E-state index in [9.17, 15) is 17.6 Å². The maximum atomic E-state index is 13.3. The van der Waals surface area contributed by atoms with Crippen molar-refractivity contribution in [1.82, 2.24) is 5.32 Å². The van der Waals surface area contributed by atoms with E-state index >= 15 is 0 Å². The Hall–Kier alpha value is -2.36. The second kappa shape index (κ2) is 12.4. The van der Waals surface area contributed by atoms with E-state index in [-0.39, 0.29) is 23.2 Å². The Morgan fingerprint density at radius 3 is 2.29 bits per heavy atom. The van der Waals surface area contributed by atoms with Gasteiger partial charge in [0.15, 0.2) is 0 Å². The molecular formula is C25H26BrFN2O3S2. The van der Waals surface area contributed by atoms with Crippen LogP contribution in [0.1, 0.15) is 17.5 Å². The average molecular weight is 566 g/mol. The highest BCUT2D eigenvalue weighted by atomic mass is 79.9. The summed E-state index contributed by atoms with van der Waals surface area (Å²) in [5.41, 5.74) is 2.40. The number of benzene rings is 3. The van der Waals surface area contributed by atoms with Gasteiger partial charge in [0.05, 0.1) is 10.6 Å². The summed E-state index contributed by atoms with van der Waals surface area (Å²) in [6, 6.07) is 19.8. The van der Waals surface area contributed by atoms with Gasteiger partial charge in [0, 0.05) is 16.8 Å². The van der Waals surface area contributed by atoms with Crippen molar-refractivity contribution in [3.05, 3.63) is 94.2 Å². The molecule has 5 nitrogen and oxygen atoms in total. The van der Waals surface area contributed by atoms with Crippen molar-refractivity contribution in [2.45, 2.75) is 24.0 Å². The van der Waals surface area contributed by atoms with Crippen LogP contribution in [0.3, 0.4) is 0 Å². The van der Waals surface area contributed by atoms with Gasteiger partial charge >= 0.3 is 0 Å². The second-order valence-corrected chi connectivity index (χ2v) is 11.6. The third-order valence-corrected chi connectivity index (χ3v) is 8.41. The van der Waals surface area contributed by atoms with Gasteiger partial charge in [0.25, 0.3) is 10.0 Å². The summed E-state index contributed by atoms with van der Waals surface area (Å²) < 4.78 is 41.6. The van der Waals surface area contributed by atoms with E-state index in [0.717, 1.165) is 37.8 Å². The maximum Gasteiger partial charge on any atom is 0.264 e. The molecule has 0 aromatic heterocycles. The van der Waals surface area contributed by atoms with Crippen LogP contribution in [0.2, 0.25) is 0 Å². The van der Waals surface area contributed by atoms with E-state index in [2.05, 4.69) is 21.2 Å². The van der Waals surface area contributed by atoms with Crippen LogP contribution < -0.4 is 9.62 Å². The number of carbonyl (C=O) groups excluding carboxylic acids is 1. The predicted molar refractivity (Wildman–Crippen MR) is 140 cm³/mol. The van der Waals surface area contributed by atoms with Crippen molar-refractivity contribution < 1.29 is 17.6 Å². The molecule has 0 spiro atoms. The molecule has 1 amide bonds. The monoisotopic (exact) mass is 564 g/mol. The summed E-state index contributed by atoms with van der Waals surface area (Å²) in [6.07, 6.45) is 0.737. The van der Waals surface area contributed by atoms with E-state index in [0.29, 0.717) is 12.2 Å². The number of thioether (sulfide) groups is 1. The molecule has 1 N–H and O–H groups in total. The van der Waals surface area contributed by atoms with Crippen LogP contribution in [0.25, 0.3) is 0 Å². The lowest BCUT2D eigenvalue weighted by Gasteiger charge is -2.24. The molecule has 0 aliphatic carbocycles. The zero-order valence-electron chi connectivity index (χ0n) is 18.7. The van der Waals surface area contributed by atoms with Crippen molar-refractivity contribution >= 4 is 49.3 Å². The topological polar surface area (TPSA) is 66.5 Å². The third kappa shape index (κ3) is 7.58. The summed E-state index contributed by atoms with van der Waals surface area (Å²) in [7, 11) is -3.93. The first kappa shape index (κ1) is 26.2. The predicted octanol–water partition coefficient (Wildman–Crippen LogP) is 5.53. The van der Waals surface area contributed by atoms with E-state index in [4.69, 9.17) is 0 Å². The van der Waals surface area contributed by atoms with Gasteiger partial charge in [-0.15, -0.1) is 0 Å². The quantitative estimate of drug-likeness (QED) is 0.311. The van der Waals surface area contributed by atoms with Gasteiger partial charge in [-0.3, -0.25) is 9.10 Å². The van der Waals surface area contributed by atoms with Gasteiger partial charge in [-0.25, -0.2) is 12.8 Å². The molecule has 9 heteroatoms. The molecular weight excluding hydrogens is 539 g/mol. The Balaban J connectivity index is 1.57. The van der Waals surface area contributed by atoms with E-state index < -0.39 is 10.0 Å². The van der Waals surface area contributed by atoms with Crippen LogP contribution in [0.4, 0.5) is 10.1 Å². The molecule has 0 radical (unpaired) electrons. The fraction of sp³-hybridized carbons (Fsp3) is 0.240. The number of hydrogen-bond donors (Lipinski definition) is 1. The van der Waals surface area contributed by atoms with Crippen molar-refractivity contribution in [2.75, 3.05) is 23.1 Å². The minimum atomic E-state index is -3.93. The van der Waals surface area contributed by atoms with Crippen LogP contribution in [0.15, 0.2) is 82.2 Å². The normalized spacial score (nSPS) is 11.3. The highest BCUT2D eigenvalue weighted by molar-refractivity contribution is 9.10. The van der Waals surface area contributed by atoms with Crippen molar-refractivity contribution in [3.63, 3.8) is 0 Å². The van der Waals surface area contributed by atoms with E-state index in [1.807, 2.05) is 6.92 Å². The first-order chi connectivity index (χ1) is 16.3. The lowest BCUT2D eigenvalue weighted by molar-refractivity contribution is -0.119. The van der Waals surface area contributed by atoms with Gasteiger partial charge < -0.3 is 5.32 Å². The standard InChI is InChI=1S/C25H26BrFN2O3S2/c1-19-3-13-24(14-4-19)34(31,32)29(23-11-7-21(26)8-12-23)17-25(30)28-15-2-16-33-18-20-5-9-22(27)10-6-20/h3-14H,2,15-18H2,1H3,(H,28,30). The van der Waals surface area contributed by atoms with Gasteiger partial charge in [-0.1, -0.05) is 45.8 Å². The van der Waals surface area contributed by atoms with Crippen molar-refractivity contribution in [2.24, 2.45) is 0 Å².